The van der Waals surface area contributed by atoms with Gasteiger partial charge in [0, 0.05) is 22.8 Å². The third-order valence-electron chi connectivity index (χ3n) is 3.80. The predicted molar refractivity (Wildman–Crippen MR) is 111 cm³/mol. The summed E-state index contributed by atoms with van der Waals surface area (Å²) in [5, 5.41) is 6.43. The van der Waals surface area contributed by atoms with E-state index in [1.54, 1.807) is 24.3 Å². The third-order valence-corrected chi connectivity index (χ3v) is 5.09. The van der Waals surface area contributed by atoms with Crippen LogP contribution in [0.5, 0.6) is 0 Å². The number of aryl methyl sites for hydroxylation is 2. The van der Waals surface area contributed by atoms with Gasteiger partial charge >= 0.3 is 0 Å². The molecule has 0 spiro atoms. The van der Waals surface area contributed by atoms with Crippen LogP contribution in [0.25, 0.3) is 0 Å². The van der Waals surface area contributed by atoms with Crippen molar-refractivity contribution in [3.8, 4) is 0 Å². The standard InChI is InChI=1S/C20H23ClN2O2S/c1-14-5-3-6-15(2)20(14)23-18(24)7-4-12-26-13-19(25)22-17-10-8-16(21)9-11-17/h3,5-6,8-11H,4,7,12-13H2,1-2H3,(H,22,25)(H,23,24). The van der Waals surface area contributed by atoms with Crippen LogP contribution in [-0.4, -0.2) is 23.3 Å². The molecule has 0 heterocycles. The molecule has 0 fully saturated rings. The van der Waals surface area contributed by atoms with Crippen molar-refractivity contribution in [3.63, 3.8) is 0 Å². The maximum atomic E-state index is 12.1. The monoisotopic (exact) mass is 390 g/mol. The molecule has 6 heteroatoms. The number of amides is 2. The minimum Gasteiger partial charge on any atom is -0.326 e. The fourth-order valence-electron chi connectivity index (χ4n) is 2.44. The molecular formula is C20H23ClN2O2S. The molecule has 0 saturated heterocycles. The maximum absolute atomic E-state index is 12.1. The van der Waals surface area contributed by atoms with Crippen molar-refractivity contribution < 1.29 is 9.59 Å². The van der Waals surface area contributed by atoms with Crippen molar-refractivity contribution in [1.29, 1.82) is 0 Å². The van der Waals surface area contributed by atoms with Crippen LogP contribution in [0.2, 0.25) is 5.02 Å². The summed E-state index contributed by atoms with van der Waals surface area (Å²) in [5.74, 6) is 1.07. The molecule has 0 aliphatic rings. The highest BCUT2D eigenvalue weighted by Crippen LogP contribution is 2.20. The van der Waals surface area contributed by atoms with E-state index in [-0.39, 0.29) is 11.8 Å². The summed E-state index contributed by atoms with van der Waals surface area (Å²) in [6.07, 6.45) is 1.18. The summed E-state index contributed by atoms with van der Waals surface area (Å²) < 4.78 is 0. The molecule has 26 heavy (non-hydrogen) atoms. The van der Waals surface area contributed by atoms with Gasteiger partial charge in [0.05, 0.1) is 5.75 Å². The molecular weight excluding hydrogens is 368 g/mol. The van der Waals surface area contributed by atoms with Gasteiger partial charge < -0.3 is 10.6 Å². The molecule has 4 nitrogen and oxygen atoms in total. The lowest BCUT2D eigenvalue weighted by atomic mass is 10.1. The van der Waals surface area contributed by atoms with Gasteiger partial charge in [-0.1, -0.05) is 29.8 Å². The van der Waals surface area contributed by atoms with Crippen LogP contribution < -0.4 is 10.6 Å². The van der Waals surface area contributed by atoms with Crippen molar-refractivity contribution in [2.24, 2.45) is 0 Å². The molecule has 2 aromatic rings. The second kappa shape index (κ2) is 10.2. The van der Waals surface area contributed by atoms with E-state index in [0.29, 0.717) is 17.2 Å². The highest BCUT2D eigenvalue weighted by atomic mass is 35.5. The zero-order chi connectivity index (χ0) is 18.9. The normalized spacial score (nSPS) is 10.4. The van der Waals surface area contributed by atoms with E-state index in [4.69, 9.17) is 11.6 Å². The number of para-hydroxylation sites is 1. The summed E-state index contributed by atoms with van der Waals surface area (Å²) in [6.45, 7) is 3.97. The molecule has 0 unspecified atom stereocenters. The molecule has 0 atom stereocenters. The first kappa shape index (κ1) is 20.3. The van der Waals surface area contributed by atoms with E-state index >= 15 is 0 Å². The number of hydrogen-bond acceptors (Lipinski definition) is 3. The Bertz CT molecular complexity index is 743. The fourth-order valence-corrected chi connectivity index (χ4v) is 3.32. The van der Waals surface area contributed by atoms with Crippen molar-refractivity contribution in [2.75, 3.05) is 22.1 Å². The summed E-state index contributed by atoms with van der Waals surface area (Å²) in [4.78, 5) is 23.9. The lowest BCUT2D eigenvalue weighted by molar-refractivity contribution is -0.116. The molecule has 0 bridgehead atoms. The minimum absolute atomic E-state index is 0.00798. The van der Waals surface area contributed by atoms with Crippen LogP contribution in [0.15, 0.2) is 42.5 Å². The van der Waals surface area contributed by atoms with Crippen molar-refractivity contribution >= 4 is 46.6 Å². The second-order valence-corrected chi connectivity index (χ2v) is 7.57. The van der Waals surface area contributed by atoms with Crippen LogP contribution in [0.4, 0.5) is 11.4 Å². The van der Waals surface area contributed by atoms with Crippen molar-refractivity contribution in [1.82, 2.24) is 0 Å². The molecule has 2 amide bonds. The van der Waals surface area contributed by atoms with E-state index in [1.165, 1.54) is 11.8 Å². The largest absolute Gasteiger partial charge is 0.326 e. The van der Waals surface area contributed by atoms with Gasteiger partial charge in [0.2, 0.25) is 11.8 Å². The van der Waals surface area contributed by atoms with E-state index in [9.17, 15) is 9.59 Å². The number of thioether (sulfide) groups is 1. The molecule has 0 saturated carbocycles. The van der Waals surface area contributed by atoms with Crippen LogP contribution in [0, 0.1) is 13.8 Å². The van der Waals surface area contributed by atoms with E-state index in [0.717, 1.165) is 34.7 Å². The Kier molecular flexibility index (Phi) is 8.01. The Hall–Kier alpha value is -1.98. The van der Waals surface area contributed by atoms with Gasteiger partial charge in [-0.25, -0.2) is 0 Å². The molecule has 2 aromatic carbocycles. The summed E-state index contributed by atoms with van der Waals surface area (Å²) in [6, 6.07) is 12.9. The Morgan fingerprint density at radius 3 is 2.27 bits per heavy atom. The van der Waals surface area contributed by atoms with Gasteiger partial charge in [-0.2, -0.15) is 11.8 Å². The van der Waals surface area contributed by atoms with Gasteiger partial charge in [-0.15, -0.1) is 0 Å². The average molecular weight is 391 g/mol. The van der Waals surface area contributed by atoms with Crippen molar-refractivity contribution in [2.45, 2.75) is 26.7 Å². The summed E-state index contributed by atoms with van der Waals surface area (Å²) >= 11 is 7.33. The lowest BCUT2D eigenvalue weighted by Crippen LogP contribution is -2.15. The highest BCUT2D eigenvalue weighted by Gasteiger charge is 2.08. The molecule has 2 N–H and O–H groups in total. The quantitative estimate of drug-likeness (QED) is 0.620. The van der Waals surface area contributed by atoms with Gasteiger partial charge in [-0.05, 0) is 61.4 Å². The van der Waals surface area contributed by atoms with Gasteiger partial charge in [0.1, 0.15) is 0 Å². The van der Waals surface area contributed by atoms with E-state index < -0.39 is 0 Å². The number of halogens is 1. The van der Waals surface area contributed by atoms with Crippen LogP contribution in [-0.2, 0) is 9.59 Å². The number of benzene rings is 2. The van der Waals surface area contributed by atoms with Gasteiger partial charge in [-0.3, -0.25) is 9.59 Å². The number of anilines is 2. The topological polar surface area (TPSA) is 58.2 Å². The van der Waals surface area contributed by atoms with E-state index in [1.807, 2.05) is 32.0 Å². The van der Waals surface area contributed by atoms with Crippen LogP contribution in [0.1, 0.15) is 24.0 Å². The third kappa shape index (κ3) is 6.73. The van der Waals surface area contributed by atoms with Crippen LogP contribution in [0.3, 0.4) is 0 Å². The second-order valence-electron chi connectivity index (χ2n) is 6.03. The minimum atomic E-state index is -0.0580. The predicted octanol–water partition coefficient (Wildman–Crippen LogP) is 5.05. The van der Waals surface area contributed by atoms with Gasteiger partial charge in [0.15, 0.2) is 0 Å². The first-order valence-corrected chi connectivity index (χ1v) is 9.98. The molecule has 138 valence electrons. The number of carbonyl (C=O) groups is 2. The Balaban J connectivity index is 1.63. The number of nitrogens with one attached hydrogen (secondary N) is 2. The van der Waals surface area contributed by atoms with Gasteiger partial charge in [0.25, 0.3) is 0 Å². The zero-order valence-electron chi connectivity index (χ0n) is 15.0. The first-order chi connectivity index (χ1) is 12.5. The summed E-state index contributed by atoms with van der Waals surface area (Å²) in [5.41, 5.74) is 3.75. The smallest absolute Gasteiger partial charge is 0.234 e. The number of hydrogen-bond donors (Lipinski definition) is 2. The number of rotatable bonds is 8. The van der Waals surface area contributed by atoms with E-state index in [2.05, 4.69) is 10.6 Å². The molecule has 2 rings (SSSR count). The maximum Gasteiger partial charge on any atom is 0.234 e. The molecule has 0 aromatic heterocycles. The SMILES string of the molecule is Cc1cccc(C)c1NC(=O)CCCSCC(=O)Nc1ccc(Cl)cc1. The average Bonchev–Trinajstić information content (AvgIpc) is 2.60. The Morgan fingerprint density at radius 1 is 0.962 bits per heavy atom. The van der Waals surface area contributed by atoms with Crippen molar-refractivity contribution in [3.05, 3.63) is 58.6 Å². The Morgan fingerprint density at radius 2 is 1.62 bits per heavy atom. The Labute approximate surface area is 163 Å². The molecule has 0 radical (unpaired) electrons. The number of carbonyl (C=O) groups excluding carboxylic acids is 2. The molecule has 0 aliphatic carbocycles. The first-order valence-electron chi connectivity index (χ1n) is 8.45. The fraction of sp³-hybridized carbons (Fsp3) is 0.300. The summed E-state index contributed by atoms with van der Waals surface area (Å²) in [7, 11) is 0. The lowest BCUT2D eigenvalue weighted by Gasteiger charge is -2.11. The highest BCUT2D eigenvalue weighted by molar-refractivity contribution is 7.99. The van der Waals surface area contributed by atoms with Crippen LogP contribution >= 0.6 is 23.4 Å². The zero-order valence-corrected chi connectivity index (χ0v) is 16.5. The molecule has 0 aliphatic heterocycles.